The molecule has 1 aliphatic rings. The van der Waals surface area contributed by atoms with E-state index < -0.39 is 6.10 Å². The fourth-order valence-electron chi connectivity index (χ4n) is 2.24. The van der Waals surface area contributed by atoms with Gasteiger partial charge in [0.1, 0.15) is 12.7 Å². The van der Waals surface area contributed by atoms with Gasteiger partial charge in [0, 0.05) is 26.1 Å². The third-order valence-electron chi connectivity index (χ3n) is 3.39. The first-order valence-corrected chi connectivity index (χ1v) is 8.81. The molecule has 1 aliphatic heterocycles. The van der Waals surface area contributed by atoms with Gasteiger partial charge in [-0.2, -0.15) is 4.37 Å². The van der Waals surface area contributed by atoms with Gasteiger partial charge in [0.15, 0.2) is 0 Å². The van der Waals surface area contributed by atoms with E-state index in [0.29, 0.717) is 31.3 Å². The second-order valence-electron chi connectivity index (χ2n) is 7.00. The lowest BCUT2D eigenvalue weighted by molar-refractivity contribution is -0.123. The highest BCUT2D eigenvalue weighted by molar-refractivity contribution is 6.99. The van der Waals surface area contributed by atoms with Crippen LogP contribution in [0.15, 0.2) is 0 Å². The molecule has 0 spiro atoms. The Labute approximate surface area is 146 Å². The van der Waals surface area contributed by atoms with Crippen LogP contribution in [0, 0.1) is 5.41 Å². The molecule has 24 heavy (non-hydrogen) atoms. The minimum absolute atomic E-state index is 0.0541. The normalized spacial score (nSPS) is 16.8. The zero-order valence-corrected chi connectivity index (χ0v) is 15.3. The number of hydrogen-bond donors (Lipinski definition) is 2. The highest BCUT2D eigenvalue weighted by Gasteiger charge is 2.21. The van der Waals surface area contributed by atoms with E-state index in [-0.39, 0.29) is 24.5 Å². The van der Waals surface area contributed by atoms with E-state index in [0.717, 1.165) is 24.8 Å². The number of anilines is 1. The maximum absolute atomic E-state index is 11.8. The molecule has 1 atom stereocenters. The largest absolute Gasteiger partial charge is 0.472 e. The predicted octanol–water partition coefficient (Wildman–Crippen LogP) is 0.667. The van der Waals surface area contributed by atoms with Crippen molar-refractivity contribution >= 4 is 23.5 Å². The topological polar surface area (TPSA) is 96.8 Å². The van der Waals surface area contributed by atoms with Crippen molar-refractivity contribution in [2.24, 2.45) is 5.41 Å². The van der Waals surface area contributed by atoms with E-state index in [9.17, 15) is 9.90 Å². The van der Waals surface area contributed by atoms with Crippen molar-refractivity contribution in [1.29, 1.82) is 0 Å². The van der Waals surface area contributed by atoms with Crippen LogP contribution < -0.4 is 15.0 Å². The summed E-state index contributed by atoms with van der Waals surface area (Å²) in [7, 11) is 0. The van der Waals surface area contributed by atoms with Crippen LogP contribution in [0.4, 0.5) is 5.82 Å². The second-order valence-corrected chi connectivity index (χ2v) is 7.53. The highest BCUT2D eigenvalue weighted by atomic mass is 32.1. The Morgan fingerprint density at radius 3 is 2.79 bits per heavy atom. The number of hydrogen-bond acceptors (Lipinski definition) is 8. The summed E-state index contributed by atoms with van der Waals surface area (Å²) < 4.78 is 19.3. The number of carbonyl (C=O) groups excluding carboxylic acids is 1. The number of nitrogens with zero attached hydrogens (tertiary/aromatic N) is 3. The SMILES string of the molecule is CC(C)(C)CC(=O)NCC(O)COc1nsnc1N1CCOCC1. The van der Waals surface area contributed by atoms with Gasteiger partial charge in [-0.25, -0.2) is 0 Å². The molecule has 2 rings (SSSR count). The number of aliphatic hydroxyl groups excluding tert-OH is 1. The van der Waals surface area contributed by atoms with Crippen LogP contribution in [0.3, 0.4) is 0 Å². The summed E-state index contributed by atoms with van der Waals surface area (Å²) in [6.07, 6.45) is -0.384. The van der Waals surface area contributed by atoms with Gasteiger partial charge in [0.05, 0.1) is 24.9 Å². The summed E-state index contributed by atoms with van der Waals surface area (Å²) in [6.45, 7) is 8.98. The van der Waals surface area contributed by atoms with Gasteiger partial charge in [-0.1, -0.05) is 20.8 Å². The summed E-state index contributed by atoms with van der Waals surface area (Å²) in [4.78, 5) is 13.8. The fraction of sp³-hybridized carbons (Fsp3) is 0.800. The van der Waals surface area contributed by atoms with Gasteiger partial charge in [-0.05, 0) is 5.41 Å². The quantitative estimate of drug-likeness (QED) is 0.739. The van der Waals surface area contributed by atoms with Gasteiger partial charge in [0.2, 0.25) is 11.7 Å². The maximum atomic E-state index is 11.8. The van der Waals surface area contributed by atoms with Crippen LogP contribution in [0.2, 0.25) is 0 Å². The van der Waals surface area contributed by atoms with E-state index in [1.165, 1.54) is 0 Å². The van der Waals surface area contributed by atoms with Crippen molar-refractivity contribution in [3.8, 4) is 5.88 Å². The number of aromatic nitrogens is 2. The Hall–Kier alpha value is -1.45. The number of aliphatic hydroxyl groups is 1. The monoisotopic (exact) mass is 358 g/mol. The lowest BCUT2D eigenvalue weighted by Crippen LogP contribution is -2.38. The average molecular weight is 358 g/mol. The van der Waals surface area contributed by atoms with Crippen LogP contribution in [-0.2, 0) is 9.53 Å². The molecule has 1 aromatic rings. The molecule has 1 amide bonds. The fourth-order valence-corrected chi connectivity index (χ4v) is 2.77. The third-order valence-corrected chi connectivity index (χ3v) is 3.89. The minimum atomic E-state index is -0.798. The van der Waals surface area contributed by atoms with Gasteiger partial charge in [-0.3, -0.25) is 4.79 Å². The maximum Gasteiger partial charge on any atom is 0.270 e. The molecule has 0 bridgehead atoms. The third kappa shape index (κ3) is 6.21. The Kier molecular flexibility index (Phi) is 6.76. The summed E-state index contributed by atoms with van der Waals surface area (Å²) in [6, 6.07) is 0. The van der Waals surface area contributed by atoms with Crippen molar-refractivity contribution in [1.82, 2.24) is 14.1 Å². The zero-order valence-electron chi connectivity index (χ0n) is 14.4. The van der Waals surface area contributed by atoms with E-state index in [1.54, 1.807) is 0 Å². The Morgan fingerprint density at radius 2 is 2.12 bits per heavy atom. The molecule has 2 N–H and O–H groups in total. The average Bonchev–Trinajstić information content (AvgIpc) is 2.98. The molecular formula is C15H26N4O4S. The predicted molar refractivity (Wildman–Crippen MR) is 91.5 cm³/mol. The summed E-state index contributed by atoms with van der Waals surface area (Å²) in [5, 5.41) is 12.7. The minimum Gasteiger partial charge on any atom is -0.472 e. The number of morpholine rings is 1. The van der Waals surface area contributed by atoms with Gasteiger partial charge < -0.3 is 24.8 Å². The van der Waals surface area contributed by atoms with Crippen LogP contribution >= 0.6 is 11.7 Å². The van der Waals surface area contributed by atoms with Crippen LogP contribution in [0.1, 0.15) is 27.2 Å². The molecule has 2 heterocycles. The molecule has 0 aliphatic carbocycles. The lowest BCUT2D eigenvalue weighted by Gasteiger charge is -2.26. The first-order valence-electron chi connectivity index (χ1n) is 8.08. The van der Waals surface area contributed by atoms with Crippen LogP contribution in [0.25, 0.3) is 0 Å². The molecular weight excluding hydrogens is 332 g/mol. The van der Waals surface area contributed by atoms with Gasteiger partial charge in [-0.15, -0.1) is 4.37 Å². The number of amides is 1. The van der Waals surface area contributed by atoms with E-state index in [1.807, 2.05) is 20.8 Å². The number of rotatable bonds is 7. The molecule has 0 radical (unpaired) electrons. The van der Waals surface area contributed by atoms with E-state index in [4.69, 9.17) is 9.47 Å². The molecule has 9 heteroatoms. The molecule has 1 unspecified atom stereocenters. The Balaban J connectivity index is 1.75. The molecule has 1 aromatic heterocycles. The summed E-state index contributed by atoms with van der Waals surface area (Å²) in [5.41, 5.74) is -0.0785. The first-order chi connectivity index (χ1) is 11.3. The van der Waals surface area contributed by atoms with Crippen molar-refractivity contribution in [3.63, 3.8) is 0 Å². The first kappa shape index (κ1) is 18.9. The summed E-state index contributed by atoms with van der Waals surface area (Å²) >= 11 is 1.08. The molecule has 1 fully saturated rings. The smallest absolute Gasteiger partial charge is 0.270 e. The zero-order chi connectivity index (χ0) is 17.6. The van der Waals surface area contributed by atoms with Crippen molar-refractivity contribution in [2.75, 3.05) is 44.4 Å². The van der Waals surface area contributed by atoms with Crippen molar-refractivity contribution in [3.05, 3.63) is 0 Å². The van der Waals surface area contributed by atoms with Crippen molar-refractivity contribution in [2.45, 2.75) is 33.3 Å². The molecule has 8 nitrogen and oxygen atoms in total. The Bertz CT molecular complexity index is 526. The number of ether oxygens (including phenoxy) is 2. The van der Waals surface area contributed by atoms with Gasteiger partial charge >= 0.3 is 0 Å². The molecule has 136 valence electrons. The van der Waals surface area contributed by atoms with Crippen molar-refractivity contribution < 1.29 is 19.4 Å². The number of nitrogens with one attached hydrogen (secondary N) is 1. The number of carbonyl (C=O) groups is 1. The molecule has 1 saturated heterocycles. The van der Waals surface area contributed by atoms with Crippen LogP contribution in [-0.4, -0.2) is 65.3 Å². The second kappa shape index (κ2) is 8.59. The van der Waals surface area contributed by atoms with E-state index >= 15 is 0 Å². The van der Waals surface area contributed by atoms with Gasteiger partial charge in [0.25, 0.3) is 5.88 Å². The highest BCUT2D eigenvalue weighted by Crippen LogP contribution is 2.26. The molecule has 0 aromatic carbocycles. The summed E-state index contributed by atoms with van der Waals surface area (Å²) in [5.74, 6) is 1.03. The van der Waals surface area contributed by atoms with E-state index in [2.05, 4.69) is 19.0 Å². The standard InChI is InChI=1S/C15H26N4O4S/c1-15(2,3)8-12(21)16-9-11(20)10-23-14-13(17-24-18-14)19-4-6-22-7-5-19/h11,20H,4-10H2,1-3H3,(H,16,21). The molecule has 0 saturated carbocycles. The Morgan fingerprint density at radius 1 is 1.42 bits per heavy atom. The lowest BCUT2D eigenvalue weighted by atomic mass is 9.92. The van der Waals surface area contributed by atoms with Crippen LogP contribution in [0.5, 0.6) is 5.88 Å².